The van der Waals surface area contributed by atoms with Crippen LogP contribution in [0.15, 0.2) is 89.8 Å². The molecule has 0 aliphatic heterocycles. The van der Waals surface area contributed by atoms with Gasteiger partial charge in [-0.3, -0.25) is 4.79 Å². The molecule has 0 aromatic heterocycles. The van der Waals surface area contributed by atoms with Gasteiger partial charge in [-0.25, -0.2) is 0 Å². The molecular weight excluding hydrogens is 342 g/mol. The topological polar surface area (TPSA) is 38.3 Å². The van der Waals surface area contributed by atoms with Crippen molar-refractivity contribution in [3.63, 3.8) is 0 Å². The average molecular weight is 365 g/mol. The van der Waals surface area contributed by atoms with Gasteiger partial charge in [0.2, 0.25) is 5.91 Å². The van der Waals surface area contributed by atoms with Crippen LogP contribution in [0.4, 0.5) is 5.69 Å². The zero-order chi connectivity index (χ0) is 18.6. The predicted octanol–water partition coefficient (Wildman–Crippen LogP) is 6.24. The number of hydrogen-bond donors (Lipinski definition) is 1. The number of carbonyl (C=O) groups is 1. The van der Waals surface area contributed by atoms with Gasteiger partial charge >= 0.3 is 0 Å². The van der Waals surface area contributed by atoms with Crippen molar-refractivity contribution in [2.45, 2.75) is 18.7 Å². The number of ether oxygens (including phenoxy) is 1. The molecule has 0 fully saturated rings. The zero-order valence-electron chi connectivity index (χ0n) is 15.0. The van der Waals surface area contributed by atoms with Crippen LogP contribution in [0.1, 0.15) is 13.8 Å². The first kappa shape index (κ1) is 19.6. The maximum absolute atomic E-state index is 12.0. The lowest BCUT2D eigenvalue weighted by atomic mass is 10.3. The van der Waals surface area contributed by atoms with E-state index in [4.69, 9.17) is 4.74 Å². The molecular formula is C22H23NO2S. The van der Waals surface area contributed by atoms with Gasteiger partial charge in [0, 0.05) is 10.6 Å². The number of nitrogens with one attached hydrogen (secondary N) is 1. The molecule has 1 N–H and O–H groups in total. The van der Waals surface area contributed by atoms with Crippen LogP contribution < -0.4 is 10.1 Å². The van der Waals surface area contributed by atoms with E-state index in [-0.39, 0.29) is 5.91 Å². The van der Waals surface area contributed by atoms with Gasteiger partial charge in [-0.15, -0.1) is 11.8 Å². The number of thioether (sulfide) groups is 1. The fourth-order valence-electron chi connectivity index (χ4n) is 2.09. The highest BCUT2D eigenvalue weighted by Crippen LogP contribution is 2.23. The first-order chi connectivity index (χ1) is 12.8. The van der Waals surface area contributed by atoms with E-state index in [0.717, 1.165) is 22.1 Å². The van der Waals surface area contributed by atoms with Gasteiger partial charge in [-0.05, 0) is 48.5 Å². The third-order valence-corrected chi connectivity index (χ3v) is 4.24. The molecule has 3 aromatic carbocycles. The summed E-state index contributed by atoms with van der Waals surface area (Å²) < 4.78 is 5.73. The summed E-state index contributed by atoms with van der Waals surface area (Å²) in [6, 6.07) is 26.8. The lowest BCUT2D eigenvalue weighted by molar-refractivity contribution is -0.113. The summed E-state index contributed by atoms with van der Waals surface area (Å²) in [4.78, 5) is 13.1. The number of para-hydroxylation sites is 1. The van der Waals surface area contributed by atoms with E-state index in [9.17, 15) is 4.79 Å². The van der Waals surface area contributed by atoms with Gasteiger partial charge in [-0.2, -0.15) is 0 Å². The summed E-state index contributed by atoms with van der Waals surface area (Å²) in [5.41, 5.74) is 0.758. The molecule has 0 bridgehead atoms. The zero-order valence-corrected chi connectivity index (χ0v) is 15.8. The Labute approximate surface area is 159 Å². The highest BCUT2D eigenvalue weighted by atomic mass is 32.2. The first-order valence-corrected chi connectivity index (χ1v) is 9.59. The van der Waals surface area contributed by atoms with Gasteiger partial charge in [0.05, 0.1) is 5.75 Å². The number of rotatable bonds is 6. The van der Waals surface area contributed by atoms with E-state index in [2.05, 4.69) is 5.32 Å². The molecule has 0 atom stereocenters. The molecule has 134 valence electrons. The molecule has 0 saturated heterocycles. The predicted molar refractivity (Wildman–Crippen MR) is 110 cm³/mol. The van der Waals surface area contributed by atoms with Crippen LogP contribution in [0.5, 0.6) is 11.5 Å². The molecule has 3 aromatic rings. The minimum atomic E-state index is -0.0272. The number of benzene rings is 3. The Hall–Kier alpha value is -2.72. The van der Waals surface area contributed by atoms with Crippen LogP contribution in [0.3, 0.4) is 0 Å². The Bertz CT molecular complexity index is 774. The maximum Gasteiger partial charge on any atom is 0.234 e. The third-order valence-electron chi connectivity index (χ3n) is 3.23. The Morgan fingerprint density at radius 2 is 1.35 bits per heavy atom. The summed E-state index contributed by atoms with van der Waals surface area (Å²) in [5.74, 6) is 1.87. The molecule has 26 heavy (non-hydrogen) atoms. The minimum Gasteiger partial charge on any atom is -0.457 e. The van der Waals surface area contributed by atoms with Gasteiger partial charge < -0.3 is 10.1 Å². The second-order valence-corrected chi connectivity index (χ2v) is 6.14. The fraction of sp³-hybridized carbons (Fsp3) is 0.136. The maximum atomic E-state index is 12.0. The molecule has 3 rings (SSSR count). The number of carbonyl (C=O) groups excluding carboxylic acids is 1. The highest BCUT2D eigenvalue weighted by Gasteiger charge is 2.04. The molecule has 3 nitrogen and oxygen atoms in total. The smallest absolute Gasteiger partial charge is 0.234 e. The van der Waals surface area contributed by atoms with Crippen LogP contribution in [-0.4, -0.2) is 11.7 Å². The van der Waals surface area contributed by atoms with Crippen molar-refractivity contribution in [1.29, 1.82) is 0 Å². The second-order valence-electron chi connectivity index (χ2n) is 5.09. The highest BCUT2D eigenvalue weighted by molar-refractivity contribution is 8.00. The van der Waals surface area contributed by atoms with Gasteiger partial charge in [0.15, 0.2) is 0 Å². The van der Waals surface area contributed by atoms with Crippen molar-refractivity contribution in [1.82, 2.24) is 0 Å². The quantitative estimate of drug-likeness (QED) is 0.526. The van der Waals surface area contributed by atoms with Crippen molar-refractivity contribution < 1.29 is 9.53 Å². The third kappa shape index (κ3) is 6.65. The summed E-state index contributed by atoms with van der Waals surface area (Å²) in [5, 5.41) is 2.89. The Morgan fingerprint density at radius 3 is 1.96 bits per heavy atom. The number of anilines is 1. The van der Waals surface area contributed by atoms with Crippen molar-refractivity contribution in [3.05, 3.63) is 84.9 Å². The van der Waals surface area contributed by atoms with Gasteiger partial charge in [0.25, 0.3) is 0 Å². The van der Waals surface area contributed by atoms with Crippen molar-refractivity contribution in [2.24, 2.45) is 0 Å². The van der Waals surface area contributed by atoms with E-state index in [1.807, 2.05) is 98.8 Å². The van der Waals surface area contributed by atoms with Crippen LogP contribution in [0.25, 0.3) is 0 Å². The molecule has 0 unspecified atom stereocenters. The molecule has 0 spiro atoms. The monoisotopic (exact) mass is 365 g/mol. The fourth-order valence-corrected chi connectivity index (χ4v) is 2.81. The van der Waals surface area contributed by atoms with Crippen molar-refractivity contribution in [3.8, 4) is 11.5 Å². The largest absolute Gasteiger partial charge is 0.457 e. The molecule has 0 aliphatic rings. The average Bonchev–Trinajstić information content (AvgIpc) is 2.71. The molecule has 0 heterocycles. The Kier molecular flexibility index (Phi) is 8.30. The molecule has 4 heteroatoms. The van der Waals surface area contributed by atoms with E-state index in [0.29, 0.717) is 5.75 Å². The number of amides is 1. The van der Waals surface area contributed by atoms with Crippen LogP contribution >= 0.6 is 11.8 Å². The minimum absolute atomic E-state index is 0.0272. The van der Waals surface area contributed by atoms with Crippen LogP contribution in [-0.2, 0) is 4.79 Å². The lowest BCUT2D eigenvalue weighted by Gasteiger charge is -2.08. The standard InChI is InChI=1S/C20H17NO2S.C2H6/c22-20(15-24-19-9-5-2-6-10-19)21-16-11-13-18(14-12-16)23-17-7-3-1-4-8-17;1-2/h1-14H,15H2,(H,21,22);1-2H3. The molecule has 0 saturated carbocycles. The summed E-state index contributed by atoms with van der Waals surface area (Å²) in [6.45, 7) is 4.00. The van der Waals surface area contributed by atoms with Crippen molar-refractivity contribution in [2.75, 3.05) is 11.1 Å². The molecule has 1 amide bonds. The lowest BCUT2D eigenvalue weighted by Crippen LogP contribution is -2.13. The Balaban J connectivity index is 0.00000117. The van der Waals surface area contributed by atoms with E-state index >= 15 is 0 Å². The SMILES string of the molecule is CC.O=C(CSc1ccccc1)Nc1ccc(Oc2ccccc2)cc1. The molecule has 0 radical (unpaired) electrons. The van der Waals surface area contributed by atoms with Crippen LogP contribution in [0, 0.1) is 0 Å². The summed E-state index contributed by atoms with van der Waals surface area (Å²) in [7, 11) is 0. The first-order valence-electron chi connectivity index (χ1n) is 8.60. The molecule has 0 aliphatic carbocycles. The van der Waals surface area contributed by atoms with Gasteiger partial charge in [0.1, 0.15) is 11.5 Å². The second kappa shape index (κ2) is 11.0. The van der Waals surface area contributed by atoms with E-state index in [1.165, 1.54) is 11.8 Å². The Morgan fingerprint density at radius 1 is 0.808 bits per heavy atom. The van der Waals surface area contributed by atoms with E-state index < -0.39 is 0 Å². The summed E-state index contributed by atoms with van der Waals surface area (Å²) >= 11 is 1.52. The van der Waals surface area contributed by atoms with E-state index in [1.54, 1.807) is 0 Å². The van der Waals surface area contributed by atoms with Crippen molar-refractivity contribution >= 4 is 23.4 Å². The summed E-state index contributed by atoms with van der Waals surface area (Å²) in [6.07, 6.45) is 0. The van der Waals surface area contributed by atoms with Gasteiger partial charge in [-0.1, -0.05) is 50.2 Å². The van der Waals surface area contributed by atoms with Crippen LogP contribution in [0.2, 0.25) is 0 Å². The normalized spacial score (nSPS) is 9.62. The number of hydrogen-bond acceptors (Lipinski definition) is 3.